The van der Waals surface area contributed by atoms with E-state index in [2.05, 4.69) is 19.7 Å². The molecule has 0 saturated carbocycles. The van der Waals surface area contributed by atoms with E-state index in [9.17, 15) is 13.2 Å². The van der Waals surface area contributed by atoms with Crippen LogP contribution < -0.4 is 4.72 Å². The molecule has 4 rings (SSSR count). The van der Waals surface area contributed by atoms with Crippen molar-refractivity contribution in [1.29, 1.82) is 0 Å². The number of nitrogens with zero attached hydrogens (tertiary/aromatic N) is 3. The second-order valence-corrected chi connectivity index (χ2v) is 7.74. The number of sulfonamides is 1. The standard InChI is InChI=1S/C16H16N4O5S/c21-16(13-4-2-10-24-13)20-8-6-11(7-9-20)19-26(22,23)14-5-1-3-12-15(14)18-25-17-12/h1-5,10-11,19H,6-9H2. The van der Waals surface area contributed by atoms with Gasteiger partial charge >= 0.3 is 0 Å². The van der Waals surface area contributed by atoms with E-state index in [1.807, 2.05) is 0 Å². The van der Waals surface area contributed by atoms with Gasteiger partial charge in [-0.3, -0.25) is 4.79 Å². The van der Waals surface area contributed by atoms with Gasteiger partial charge in [0, 0.05) is 19.1 Å². The zero-order valence-electron chi connectivity index (χ0n) is 13.7. The second kappa shape index (κ2) is 6.54. The van der Waals surface area contributed by atoms with Crippen molar-refractivity contribution in [2.45, 2.75) is 23.8 Å². The van der Waals surface area contributed by atoms with Gasteiger partial charge in [0.1, 0.15) is 10.4 Å². The van der Waals surface area contributed by atoms with Crippen molar-refractivity contribution >= 4 is 27.0 Å². The maximum Gasteiger partial charge on any atom is 0.289 e. The summed E-state index contributed by atoms with van der Waals surface area (Å²) < 4.78 is 37.8. The topological polar surface area (TPSA) is 119 Å². The van der Waals surface area contributed by atoms with Gasteiger partial charge in [0.15, 0.2) is 11.3 Å². The monoisotopic (exact) mass is 376 g/mol. The minimum Gasteiger partial charge on any atom is -0.459 e. The molecule has 1 amide bonds. The lowest BCUT2D eigenvalue weighted by Crippen LogP contribution is -2.46. The molecule has 26 heavy (non-hydrogen) atoms. The molecule has 1 fully saturated rings. The van der Waals surface area contributed by atoms with Gasteiger partial charge in [-0.2, -0.15) is 0 Å². The Morgan fingerprint density at radius 3 is 2.69 bits per heavy atom. The number of piperidine rings is 1. The van der Waals surface area contributed by atoms with Gasteiger partial charge in [-0.05, 0) is 47.4 Å². The predicted octanol–water partition coefficient (Wildman–Crippen LogP) is 1.40. The van der Waals surface area contributed by atoms with Crippen molar-refractivity contribution in [3.8, 4) is 0 Å². The van der Waals surface area contributed by atoms with Gasteiger partial charge in [0.2, 0.25) is 10.0 Å². The molecule has 3 aromatic rings. The average Bonchev–Trinajstić information content (AvgIpc) is 3.32. The smallest absolute Gasteiger partial charge is 0.289 e. The first-order valence-electron chi connectivity index (χ1n) is 8.11. The van der Waals surface area contributed by atoms with Gasteiger partial charge in [-0.25, -0.2) is 17.8 Å². The molecular weight excluding hydrogens is 360 g/mol. The molecule has 0 spiro atoms. The summed E-state index contributed by atoms with van der Waals surface area (Å²) in [5.74, 6) is 0.101. The molecule has 0 atom stereocenters. The van der Waals surface area contributed by atoms with Crippen LogP contribution in [0.15, 0.2) is 50.5 Å². The number of nitrogens with one attached hydrogen (secondary N) is 1. The molecule has 0 radical (unpaired) electrons. The molecule has 1 aliphatic rings. The number of hydrogen-bond donors (Lipinski definition) is 1. The first-order chi connectivity index (χ1) is 12.5. The lowest BCUT2D eigenvalue weighted by Gasteiger charge is -2.31. The fraction of sp³-hybridized carbons (Fsp3) is 0.312. The van der Waals surface area contributed by atoms with Gasteiger partial charge in [0.05, 0.1) is 6.26 Å². The van der Waals surface area contributed by atoms with Gasteiger partial charge in [0.25, 0.3) is 5.91 Å². The highest BCUT2D eigenvalue weighted by Crippen LogP contribution is 2.22. The molecule has 3 heterocycles. The molecule has 0 unspecified atom stereocenters. The Labute approximate surface area is 149 Å². The number of furan rings is 1. The van der Waals surface area contributed by atoms with Crippen LogP contribution in [0.5, 0.6) is 0 Å². The minimum atomic E-state index is -3.77. The SMILES string of the molecule is O=C(c1ccco1)N1CCC(NS(=O)(=O)c2cccc3nonc23)CC1. The summed E-state index contributed by atoms with van der Waals surface area (Å²) >= 11 is 0. The van der Waals surface area contributed by atoms with Crippen LogP contribution in [-0.2, 0) is 10.0 Å². The quantitative estimate of drug-likeness (QED) is 0.731. The van der Waals surface area contributed by atoms with Crippen LogP contribution in [0.25, 0.3) is 11.0 Å². The summed E-state index contributed by atoms with van der Waals surface area (Å²) in [5.41, 5.74) is 0.581. The van der Waals surface area contributed by atoms with Crippen molar-refractivity contribution in [2.75, 3.05) is 13.1 Å². The van der Waals surface area contributed by atoms with Gasteiger partial charge in [-0.1, -0.05) is 6.07 Å². The maximum absolute atomic E-state index is 12.7. The number of carbonyl (C=O) groups is 1. The van der Waals surface area contributed by atoms with Crippen LogP contribution in [0.3, 0.4) is 0 Å². The zero-order valence-corrected chi connectivity index (χ0v) is 14.5. The highest BCUT2D eigenvalue weighted by Gasteiger charge is 2.29. The fourth-order valence-corrected chi connectivity index (χ4v) is 4.49. The molecule has 1 saturated heterocycles. The number of hydrogen-bond acceptors (Lipinski definition) is 7. The third-order valence-corrected chi connectivity index (χ3v) is 5.93. The Morgan fingerprint density at radius 2 is 1.96 bits per heavy atom. The van der Waals surface area contributed by atoms with Crippen molar-refractivity contribution in [3.05, 3.63) is 42.4 Å². The lowest BCUT2D eigenvalue weighted by molar-refractivity contribution is 0.0679. The van der Waals surface area contributed by atoms with E-state index in [4.69, 9.17) is 4.42 Å². The van der Waals surface area contributed by atoms with E-state index in [1.54, 1.807) is 29.2 Å². The van der Waals surface area contributed by atoms with Crippen LogP contribution in [0.2, 0.25) is 0 Å². The Bertz CT molecular complexity index is 1020. The third kappa shape index (κ3) is 3.08. The summed E-state index contributed by atoms with van der Waals surface area (Å²) in [5, 5.41) is 7.34. The first kappa shape index (κ1) is 16.7. The summed E-state index contributed by atoms with van der Waals surface area (Å²) in [4.78, 5) is 14.0. The second-order valence-electron chi connectivity index (χ2n) is 6.05. The molecule has 1 aromatic carbocycles. The van der Waals surface area contributed by atoms with E-state index < -0.39 is 10.0 Å². The Balaban J connectivity index is 1.44. The summed E-state index contributed by atoms with van der Waals surface area (Å²) in [6.07, 6.45) is 2.48. The molecule has 1 aliphatic heterocycles. The predicted molar refractivity (Wildman–Crippen MR) is 89.8 cm³/mol. The van der Waals surface area contributed by atoms with Crippen molar-refractivity contribution < 1.29 is 22.3 Å². The number of aromatic nitrogens is 2. The van der Waals surface area contributed by atoms with Crippen LogP contribution in [0, 0.1) is 0 Å². The lowest BCUT2D eigenvalue weighted by atomic mass is 10.1. The maximum atomic E-state index is 12.7. The number of likely N-dealkylation sites (tertiary alicyclic amines) is 1. The van der Waals surface area contributed by atoms with Crippen molar-refractivity contribution in [3.63, 3.8) is 0 Å². The molecule has 9 nitrogen and oxygen atoms in total. The number of fused-ring (bicyclic) bond motifs is 1. The average molecular weight is 376 g/mol. The van der Waals surface area contributed by atoms with Gasteiger partial charge in [-0.15, -0.1) is 0 Å². The number of amides is 1. The van der Waals surface area contributed by atoms with Crippen LogP contribution >= 0.6 is 0 Å². The Kier molecular flexibility index (Phi) is 4.21. The zero-order chi connectivity index (χ0) is 18.1. The highest BCUT2D eigenvalue weighted by atomic mass is 32.2. The molecule has 136 valence electrons. The molecular formula is C16H16N4O5S. The molecule has 0 bridgehead atoms. The highest BCUT2D eigenvalue weighted by molar-refractivity contribution is 7.89. The number of benzene rings is 1. The first-order valence-corrected chi connectivity index (χ1v) is 9.59. The summed E-state index contributed by atoms with van der Waals surface area (Å²) in [6.45, 7) is 0.894. The molecule has 1 N–H and O–H groups in total. The molecule has 10 heteroatoms. The third-order valence-electron chi connectivity index (χ3n) is 4.37. The minimum absolute atomic E-state index is 0.0327. The normalized spacial score (nSPS) is 16.2. The Hall–Kier alpha value is -2.72. The summed E-state index contributed by atoms with van der Waals surface area (Å²) in [6, 6.07) is 7.69. The number of rotatable bonds is 4. The van der Waals surface area contributed by atoms with E-state index in [0.29, 0.717) is 31.4 Å². The van der Waals surface area contributed by atoms with Gasteiger partial charge < -0.3 is 9.32 Å². The van der Waals surface area contributed by atoms with Crippen molar-refractivity contribution in [2.24, 2.45) is 0 Å². The van der Waals surface area contributed by atoms with E-state index in [0.717, 1.165) is 0 Å². The van der Waals surface area contributed by atoms with Crippen LogP contribution in [-0.4, -0.2) is 48.7 Å². The molecule has 2 aromatic heterocycles. The van der Waals surface area contributed by atoms with Crippen LogP contribution in [0.4, 0.5) is 0 Å². The fourth-order valence-electron chi connectivity index (χ4n) is 3.04. The largest absolute Gasteiger partial charge is 0.459 e. The number of carbonyl (C=O) groups excluding carboxylic acids is 1. The molecule has 0 aliphatic carbocycles. The van der Waals surface area contributed by atoms with E-state index >= 15 is 0 Å². The summed E-state index contributed by atoms with van der Waals surface area (Å²) in [7, 11) is -3.77. The Morgan fingerprint density at radius 1 is 1.15 bits per heavy atom. The van der Waals surface area contributed by atoms with Crippen LogP contribution in [0.1, 0.15) is 23.4 Å². The van der Waals surface area contributed by atoms with Crippen molar-refractivity contribution in [1.82, 2.24) is 19.9 Å². The van der Waals surface area contributed by atoms with E-state index in [1.165, 1.54) is 12.3 Å². The van der Waals surface area contributed by atoms with E-state index in [-0.39, 0.29) is 28.1 Å².